The molecule has 0 radical (unpaired) electrons. The molecule has 0 aliphatic carbocycles. The molecule has 0 saturated carbocycles. The SMILES string of the molecule is CSCC[C@@H](N)C(=O)Nc1ccc(Br)c(F)c1. The monoisotopic (exact) mass is 320 g/mol. The summed E-state index contributed by atoms with van der Waals surface area (Å²) in [5, 5.41) is 2.58. The van der Waals surface area contributed by atoms with Crippen LogP contribution in [0.5, 0.6) is 0 Å². The first-order chi connectivity index (χ1) is 8.04. The van der Waals surface area contributed by atoms with Crippen molar-refractivity contribution in [3.05, 3.63) is 28.5 Å². The second-order valence-electron chi connectivity index (χ2n) is 3.51. The van der Waals surface area contributed by atoms with Gasteiger partial charge in [-0.2, -0.15) is 11.8 Å². The van der Waals surface area contributed by atoms with Gasteiger partial charge in [-0.3, -0.25) is 4.79 Å². The van der Waals surface area contributed by atoms with Crippen LogP contribution in [0.2, 0.25) is 0 Å². The van der Waals surface area contributed by atoms with Crippen LogP contribution in [-0.2, 0) is 4.79 Å². The molecule has 0 aliphatic rings. The van der Waals surface area contributed by atoms with Crippen LogP contribution < -0.4 is 11.1 Å². The van der Waals surface area contributed by atoms with Gasteiger partial charge in [0.1, 0.15) is 5.82 Å². The zero-order valence-corrected chi connectivity index (χ0v) is 11.8. The highest BCUT2D eigenvalue weighted by Crippen LogP contribution is 2.19. The van der Waals surface area contributed by atoms with Gasteiger partial charge in [0.25, 0.3) is 0 Å². The fourth-order valence-corrected chi connectivity index (χ4v) is 1.92. The van der Waals surface area contributed by atoms with Crippen molar-refractivity contribution in [1.82, 2.24) is 0 Å². The first kappa shape index (κ1) is 14.5. The van der Waals surface area contributed by atoms with Gasteiger partial charge >= 0.3 is 0 Å². The highest BCUT2D eigenvalue weighted by atomic mass is 79.9. The third kappa shape index (κ3) is 4.65. The second-order valence-corrected chi connectivity index (χ2v) is 5.35. The number of halogens is 2. The van der Waals surface area contributed by atoms with Gasteiger partial charge in [-0.1, -0.05) is 0 Å². The Morgan fingerprint density at radius 2 is 2.35 bits per heavy atom. The molecule has 94 valence electrons. The molecule has 3 nitrogen and oxygen atoms in total. The Bertz CT molecular complexity index is 403. The Balaban J connectivity index is 2.58. The van der Waals surface area contributed by atoms with Crippen molar-refractivity contribution in [3.8, 4) is 0 Å². The number of nitrogens with one attached hydrogen (secondary N) is 1. The summed E-state index contributed by atoms with van der Waals surface area (Å²) in [6.45, 7) is 0. The highest BCUT2D eigenvalue weighted by Gasteiger charge is 2.13. The van der Waals surface area contributed by atoms with E-state index in [-0.39, 0.29) is 5.91 Å². The lowest BCUT2D eigenvalue weighted by Crippen LogP contribution is -2.36. The van der Waals surface area contributed by atoms with Gasteiger partial charge < -0.3 is 11.1 Å². The molecule has 0 aliphatic heterocycles. The number of hydrogen-bond donors (Lipinski definition) is 2. The van der Waals surface area contributed by atoms with Crippen LogP contribution in [0.1, 0.15) is 6.42 Å². The number of carbonyl (C=O) groups excluding carboxylic acids is 1. The van der Waals surface area contributed by atoms with E-state index in [0.29, 0.717) is 16.6 Å². The minimum absolute atomic E-state index is 0.291. The molecule has 0 heterocycles. The number of thioether (sulfide) groups is 1. The number of benzene rings is 1. The number of amides is 1. The number of hydrogen-bond acceptors (Lipinski definition) is 3. The molecule has 1 amide bonds. The third-order valence-corrected chi connectivity index (χ3v) is 3.44. The van der Waals surface area contributed by atoms with Crippen LogP contribution in [0.15, 0.2) is 22.7 Å². The predicted octanol–water partition coefficient (Wildman–Crippen LogP) is 2.61. The molecule has 0 unspecified atom stereocenters. The topological polar surface area (TPSA) is 55.1 Å². The van der Waals surface area contributed by atoms with Crippen LogP contribution in [0.3, 0.4) is 0 Å². The van der Waals surface area contributed by atoms with Gasteiger partial charge in [-0.25, -0.2) is 4.39 Å². The van der Waals surface area contributed by atoms with Gasteiger partial charge in [-0.15, -0.1) is 0 Å². The standard InChI is InChI=1S/C11H14BrFN2OS/c1-17-5-4-10(14)11(16)15-7-2-3-8(12)9(13)6-7/h2-3,6,10H,4-5,14H2,1H3,(H,15,16)/t10-/m1/s1. The quantitative estimate of drug-likeness (QED) is 0.876. The van der Waals surface area contributed by atoms with Crippen molar-refractivity contribution in [2.75, 3.05) is 17.3 Å². The number of rotatable bonds is 5. The fraction of sp³-hybridized carbons (Fsp3) is 0.364. The first-order valence-electron chi connectivity index (χ1n) is 5.05. The Morgan fingerprint density at radius 1 is 1.65 bits per heavy atom. The smallest absolute Gasteiger partial charge is 0.241 e. The molecule has 1 atom stereocenters. The minimum Gasteiger partial charge on any atom is -0.325 e. The molecular formula is C11H14BrFN2OS. The molecule has 0 saturated heterocycles. The Kier molecular flexibility index (Phi) is 5.94. The molecule has 0 aromatic heterocycles. The number of anilines is 1. The van der Waals surface area contributed by atoms with E-state index in [9.17, 15) is 9.18 Å². The van der Waals surface area contributed by atoms with Gasteiger partial charge in [0.2, 0.25) is 5.91 Å². The van der Waals surface area contributed by atoms with Crippen LogP contribution in [0.4, 0.5) is 10.1 Å². The van der Waals surface area contributed by atoms with E-state index in [1.165, 1.54) is 6.07 Å². The zero-order valence-electron chi connectivity index (χ0n) is 9.37. The maximum Gasteiger partial charge on any atom is 0.241 e. The molecule has 1 aromatic rings. The Morgan fingerprint density at radius 3 is 2.94 bits per heavy atom. The van der Waals surface area contributed by atoms with E-state index in [2.05, 4.69) is 21.2 Å². The maximum absolute atomic E-state index is 13.2. The van der Waals surface area contributed by atoms with Crippen LogP contribution in [0.25, 0.3) is 0 Å². The van der Waals surface area contributed by atoms with E-state index in [4.69, 9.17) is 5.73 Å². The molecule has 0 fully saturated rings. The summed E-state index contributed by atoms with van der Waals surface area (Å²) in [5.74, 6) is 0.116. The van der Waals surface area contributed by atoms with Crippen molar-refractivity contribution in [2.24, 2.45) is 5.73 Å². The number of nitrogens with two attached hydrogens (primary N) is 1. The lowest BCUT2D eigenvalue weighted by molar-refractivity contribution is -0.117. The lowest BCUT2D eigenvalue weighted by atomic mass is 10.2. The van der Waals surface area contributed by atoms with Gasteiger partial charge in [0.05, 0.1) is 10.5 Å². The van der Waals surface area contributed by atoms with E-state index in [1.54, 1.807) is 23.9 Å². The Hall–Kier alpha value is -0.590. The van der Waals surface area contributed by atoms with Crippen LogP contribution in [-0.4, -0.2) is 24.0 Å². The van der Waals surface area contributed by atoms with E-state index < -0.39 is 11.9 Å². The Labute approximate surface area is 112 Å². The van der Waals surface area contributed by atoms with E-state index in [0.717, 1.165) is 5.75 Å². The normalized spacial score (nSPS) is 12.2. The molecule has 0 bridgehead atoms. The van der Waals surface area contributed by atoms with Crippen LogP contribution in [0, 0.1) is 5.82 Å². The lowest BCUT2D eigenvalue weighted by Gasteiger charge is -2.11. The van der Waals surface area contributed by atoms with Gasteiger partial charge in [0.15, 0.2) is 0 Å². The van der Waals surface area contributed by atoms with Gasteiger partial charge in [0, 0.05) is 5.69 Å². The molecule has 1 rings (SSSR count). The third-order valence-electron chi connectivity index (χ3n) is 2.16. The average molecular weight is 321 g/mol. The minimum atomic E-state index is -0.561. The molecule has 0 spiro atoms. The summed E-state index contributed by atoms with van der Waals surface area (Å²) in [7, 11) is 0. The number of carbonyl (C=O) groups is 1. The molecule has 17 heavy (non-hydrogen) atoms. The summed E-state index contributed by atoms with van der Waals surface area (Å²) in [5.41, 5.74) is 6.10. The van der Waals surface area contributed by atoms with Crippen molar-refractivity contribution >= 4 is 39.3 Å². The predicted molar refractivity (Wildman–Crippen MR) is 73.7 cm³/mol. The first-order valence-corrected chi connectivity index (χ1v) is 7.23. The summed E-state index contributed by atoms with van der Waals surface area (Å²) in [6, 6.07) is 3.85. The molecular weight excluding hydrogens is 307 g/mol. The van der Waals surface area contributed by atoms with E-state index in [1.807, 2.05) is 6.26 Å². The summed E-state index contributed by atoms with van der Waals surface area (Å²) < 4.78 is 13.6. The van der Waals surface area contributed by atoms with Crippen molar-refractivity contribution in [1.29, 1.82) is 0 Å². The van der Waals surface area contributed by atoms with E-state index >= 15 is 0 Å². The largest absolute Gasteiger partial charge is 0.325 e. The molecule has 1 aromatic carbocycles. The summed E-state index contributed by atoms with van der Waals surface area (Å²) in [4.78, 5) is 11.6. The molecule has 6 heteroatoms. The van der Waals surface area contributed by atoms with Crippen molar-refractivity contribution in [3.63, 3.8) is 0 Å². The van der Waals surface area contributed by atoms with Gasteiger partial charge in [-0.05, 0) is 52.6 Å². The zero-order chi connectivity index (χ0) is 12.8. The molecule has 3 N–H and O–H groups in total. The van der Waals surface area contributed by atoms with Crippen molar-refractivity contribution < 1.29 is 9.18 Å². The highest BCUT2D eigenvalue weighted by molar-refractivity contribution is 9.10. The summed E-state index contributed by atoms with van der Waals surface area (Å²) in [6.07, 6.45) is 2.56. The maximum atomic E-state index is 13.2. The average Bonchev–Trinajstić information content (AvgIpc) is 2.30. The fourth-order valence-electron chi connectivity index (χ4n) is 1.18. The summed E-state index contributed by atoms with van der Waals surface area (Å²) >= 11 is 4.68. The second kappa shape index (κ2) is 6.98. The van der Waals surface area contributed by atoms with Crippen molar-refractivity contribution in [2.45, 2.75) is 12.5 Å². The van der Waals surface area contributed by atoms with Crippen LogP contribution >= 0.6 is 27.7 Å².